The highest BCUT2D eigenvalue weighted by atomic mass is 35.5. The van der Waals surface area contributed by atoms with Crippen LogP contribution in [0.25, 0.3) is 11.4 Å². The Kier molecular flexibility index (Phi) is 4.52. The Balaban J connectivity index is 2.27. The molecule has 1 aromatic heterocycles. The van der Waals surface area contributed by atoms with Gasteiger partial charge in [0.25, 0.3) is 0 Å². The first kappa shape index (κ1) is 13.6. The number of hydrogen-bond acceptors (Lipinski definition) is 3. The van der Waals surface area contributed by atoms with Gasteiger partial charge in [0, 0.05) is 17.9 Å². The lowest BCUT2D eigenvalue weighted by atomic mass is 9.78. The van der Waals surface area contributed by atoms with Gasteiger partial charge in [-0.2, -0.15) is 0 Å². The van der Waals surface area contributed by atoms with Crippen LogP contribution in [0.1, 0.15) is 0 Å². The molecule has 1 aromatic carbocycles. The molecule has 19 heavy (non-hydrogen) atoms. The summed E-state index contributed by atoms with van der Waals surface area (Å²) >= 11 is 5.96. The van der Waals surface area contributed by atoms with Crippen LogP contribution >= 0.6 is 11.6 Å². The van der Waals surface area contributed by atoms with E-state index in [4.69, 9.17) is 11.6 Å². The van der Waals surface area contributed by atoms with E-state index in [1.54, 1.807) is 6.07 Å². The highest BCUT2D eigenvalue weighted by Crippen LogP contribution is 2.20. The predicted octanol–water partition coefficient (Wildman–Crippen LogP) is 2.64. The quantitative estimate of drug-likeness (QED) is 0.688. The van der Waals surface area contributed by atoms with Crippen LogP contribution in [0.15, 0.2) is 36.4 Å². The number of nitrogens with zero attached hydrogens (tertiary/aromatic N) is 2. The van der Waals surface area contributed by atoms with Gasteiger partial charge in [0.2, 0.25) is 5.91 Å². The Hall–Kier alpha value is -1.88. The molecule has 2 aromatic rings. The maximum Gasteiger partial charge on any atom is 0.217 e. The lowest BCUT2D eigenvalue weighted by Gasteiger charge is -2.06. The molecule has 0 aliphatic rings. The van der Waals surface area contributed by atoms with E-state index in [9.17, 15) is 4.79 Å². The molecule has 0 saturated carbocycles. The van der Waals surface area contributed by atoms with Crippen LogP contribution in [0.4, 0.5) is 5.82 Å². The Morgan fingerprint density at radius 3 is 2.74 bits per heavy atom. The third-order valence-corrected chi connectivity index (χ3v) is 2.67. The monoisotopic (exact) mass is 273 g/mol. The smallest absolute Gasteiger partial charge is 0.217 e. The van der Waals surface area contributed by atoms with Crippen molar-refractivity contribution < 1.29 is 4.79 Å². The van der Waals surface area contributed by atoms with E-state index >= 15 is 0 Å². The number of carbonyl (C=O) groups excluding carboxylic acids is 1. The van der Waals surface area contributed by atoms with Gasteiger partial charge in [-0.1, -0.05) is 48.8 Å². The summed E-state index contributed by atoms with van der Waals surface area (Å²) in [7, 11) is 0.788. The first-order valence-electron chi connectivity index (χ1n) is 6.09. The molecular weight excluding hydrogens is 260 g/mol. The zero-order valence-corrected chi connectivity index (χ0v) is 11.3. The first-order valence-corrected chi connectivity index (χ1v) is 6.46. The molecule has 0 bridgehead atoms. The van der Waals surface area contributed by atoms with Gasteiger partial charge in [-0.15, -0.1) is 0 Å². The Morgan fingerprint density at radius 1 is 1.32 bits per heavy atom. The molecule has 2 rings (SSSR count). The van der Waals surface area contributed by atoms with E-state index < -0.39 is 0 Å². The van der Waals surface area contributed by atoms with Crippen molar-refractivity contribution in [1.82, 2.24) is 9.97 Å². The third kappa shape index (κ3) is 3.79. The standard InChI is InChI=1S/C13H13BClN3O/c1-14-8-12(19)17-11-7-10(15)16-13(18-11)9-5-3-2-4-6-9/h2-7,14H,8H2,1H3,(H,16,17,18,19). The number of rotatable bonds is 4. The van der Waals surface area contributed by atoms with Gasteiger partial charge in [0.15, 0.2) is 5.82 Å². The van der Waals surface area contributed by atoms with E-state index in [2.05, 4.69) is 15.3 Å². The number of nitrogens with one attached hydrogen (secondary N) is 1. The average molecular weight is 274 g/mol. The minimum atomic E-state index is -0.0729. The maximum absolute atomic E-state index is 11.6. The molecule has 0 saturated heterocycles. The summed E-state index contributed by atoms with van der Waals surface area (Å²) < 4.78 is 0. The van der Waals surface area contributed by atoms with Gasteiger partial charge >= 0.3 is 0 Å². The fourth-order valence-electron chi connectivity index (χ4n) is 1.63. The Morgan fingerprint density at radius 2 is 2.05 bits per heavy atom. The number of amides is 1. The molecule has 4 nitrogen and oxygen atoms in total. The zero-order chi connectivity index (χ0) is 13.7. The number of hydrogen-bond donors (Lipinski definition) is 1. The summed E-state index contributed by atoms with van der Waals surface area (Å²) in [6.45, 7) is 1.95. The van der Waals surface area contributed by atoms with Crippen LogP contribution in [-0.2, 0) is 4.79 Å². The van der Waals surface area contributed by atoms with Crippen LogP contribution in [0.5, 0.6) is 0 Å². The molecule has 0 aliphatic heterocycles. The topological polar surface area (TPSA) is 54.9 Å². The minimum Gasteiger partial charge on any atom is -0.311 e. The molecule has 0 fully saturated rings. The number of aromatic nitrogens is 2. The molecular formula is C13H13BClN3O. The van der Waals surface area contributed by atoms with Crippen LogP contribution in [0.3, 0.4) is 0 Å². The highest BCUT2D eigenvalue weighted by Gasteiger charge is 2.08. The normalized spacial score (nSPS) is 10.0. The number of halogens is 1. The molecule has 0 spiro atoms. The van der Waals surface area contributed by atoms with E-state index in [1.807, 2.05) is 37.2 Å². The van der Waals surface area contributed by atoms with Gasteiger partial charge in [-0.3, -0.25) is 4.79 Å². The fraction of sp³-hybridized carbons (Fsp3) is 0.154. The minimum absolute atomic E-state index is 0.0729. The van der Waals surface area contributed by atoms with Gasteiger partial charge in [-0.25, -0.2) is 9.97 Å². The van der Waals surface area contributed by atoms with Crippen LogP contribution in [0.2, 0.25) is 18.3 Å². The molecule has 1 N–H and O–H groups in total. The molecule has 0 atom stereocenters. The molecule has 96 valence electrons. The maximum atomic E-state index is 11.6. The van der Waals surface area contributed by atoms with Crippen molar-refractivity contribution in [3.63, 3.8) is 0 Å². The third-order valence-electron chi connectivity index (χ3n) is 2.47. The summed E-state index contributed by atoms with van der Waals surface area (Å²) in [5, 5.41) is 3.03. The number of anilines is 1. The summed E-state index contributed by atoms with van der Waals surface area (Å²) in [6.07, 6.45) is 0.461. The van der Waals surface area contributed by atoms with Gasteiger partial charge in [0.1, 0.15) is 18.3 Å². The van der Waals surface area contributed by atoms with E-state index in [0.29, 0.717) is 23.1 Å². The molecule has 6 heteroatoms. The second kappa shape index (κ2) is 6.34. The summed E-state index contributed by atoms with van der Waals surface area (Å²) in [6, 6.07) is 11.0. The average Bonchev–Trinajstić information content (AvgIpc) is 2.39. The lowest BCUT2D eigenvalue weighted by Crippen LogP contribution is -2.13. The fourth-order valence-corrected chi connectivity index (χ4v) is 1.81. The molecule has 0 aliphatic carbocycles. The largest absolute Gasteiger partial charge is 0.311 e. The Bertz CT molecular complexity index is 577. The van der Waals surface area contributed by atoms with E-state index in [1.165, 1.54) is 0 Å². The van der Waals surface area contributed by atoms with Crippen molar-refractivity contribution >= 4 is 30.6 Å². The van der Waals surface area contributed by atoms with Crippen molar-refractivity contribution in [2.24, 2.45) is 0 Å². The summed E-state index contributed by atoms with van der Waals surface area (Å²) in [4.78, 5) is 20.0. The van der Waals surface area contributed by atoms with Gasteiger partial charge in [-0.05, 0) is 0 Å². The van der Waals surface area contributed by atoms with E-state index in [0.717, 1.165) is 12.8 Å². The second-order valence-corrected chi connectivity index (χ2v) is 4.45. The van der Waals surface area contributed by atoms with Crippen molar-refractivity contribution in [2.45, 2.75) is 13.1 Å². The van der Waals surface area contributed by atoms with Crippen molar-refractivity contribution in [1.29, 1.82) is 0 Å². The number of carbonyl (C=O) groups is 1. The molecule has 1 amide bonds. The summed E-state index contributed by atoms with van der Waals surface area (Å²) in [5.41, 5.74) is 0.857. The first-order chi connectivity index (χ1) is 9.19. The van der Waals surface area contributed by atoms with Gasteiger partial charge in [0.05, 0.1) is 0 Å². The summed E-state index contributed by atoms with van der Waals surface area (Å²) in [5.74, 6) is 0.855. The lowest BCUT2D eigenvalue weighted by molar-refractivity contribution is -0.114. The van der Waals surface area contributed by atoms with Gasteiger partial charge < -0.3 is 5.32 Å². The van der Waals surface area contributed by atoms with Crippen LogP contribution in [0, 0.1) is 0 Å². The Labute approximate surface area is 117 Å². The van der Waals surface area contributed by atoms with Crippen LogP contribution < -0.4 is 5.32 Å². The number of benzene rings is 1. The SMILES string of the molecule is CBCC(=O)Nc1cc(Cl)nc(-c2ccccc2)n1. The molecule has 1 heterocycles. The van der Waals surface area contributed by atoms with Crippen LogP contribution in [-0.4, -0.2) is 23.2 Å². The predicted molar refractivity (Wildman–Crippen MR) is 78.9 cm³/mol. The van der Waals surface area contributed by atoms with Crippen molar-refractivity contribution in [2.75, 3.05) is 5.32 Å². The van der Waals surface area contributed by atoms with Crippen molar-refractivity contribution in [3.8, 4) is 11.4 Å². The molecule has 0 unspecified atom stereocenters. The van der Waals surface area contributed by atoms with Crippen molar-refractivity contribution in [3.05, 3.63) is 41.6 Å². The van der Waals surface area contributed by atoms with E-state index in [-0.39, 0.29) is 5.91 Å². The molecule has 0 radical (unpaired) electrons. The zero-order valence-electron chi connectivity index (χ0n) is 10.6. The second-order valence-electron chi connectivity index (χ2n) is 4.06. The highest BCUT2D eigenvalue weighted by molar-refractivity contribution is 6.40.